The van der Waals surface area contributed by atoms with Crippen molar-refractivity contribution in [2.75, 3.05) is 6.61 Å². The summed E-state index contributed by atoms with van der Waals surface area (Å²) < 4.78 is 12.3. The van der Waals surface area contributed by atoms with Crippen LogP contribution in [0.4, 0.5) is 0 Å². The number of ether oxygens (including phenoxy) is 2. The van der Waals surface area contributed by atoms with Gasteiger partial charge in [0.1, 0.15) is 6.61 Å². The highest BCUT2D eigenvalue weighted by atomic mass is 79.9. The molecule has 0 unspecified atom stereocenters. The van der Waals surface area contributed by atoms with Crippen molar-refractivity contribution in [3.05, 3.63) is 92.4 Å². The molecule has 0 aliphatic carbocycles. The fourth-order valence-corrected chi connectivity index (χ4v) is 3.51. The van der Waals surface area contributed by atoms with Gasteiger partial charge in [0, 0.05) is 4.47 Å². The van der Waals surface area contributed by atoms with Gasteiger partial charge in [0.2, 0.25) is 0 Å². The van der Waals surface area contributed by atoms with E-state index < -0.39 is 0 Å². The predicted molar refractivity (Wildman–Crippen MR) is 127 cm³/mol. The topological polar surface area (TPSA) is 59.9 Å². The summed E-state index contributed by atoms with van der Waals surface area (Å²) in [4.78, 5) is 12.3. The molecule has 7 heteroatoms. The van der Waals surface area contributed by atoms with Crippen molar-refractivity contribution >= 4 is 39.7 Å². The van der Waals surface area contributed by atoms with Gasteiger partial charge in [0.15, 0.2) is 11.5 Å². The maximum absolute atomic E-state index is 12.3. The SMILES string of the molecule is CCOc1cc(/C=N\NC(=O)c2ccccc2Br)cc(Cl)c1OCc1ccc(C)cc1. The Labute approximate surface area is 195 Å². The van der Waals surface area contributed by atoms with Crippen LogP contribution in [0.15, 0.2) is 70.2 Å². The fraction of sp³-hybridized carbons (Fsp3) is 0.167. The van der Waals surface area contributed by atoms with E-state index in [2.05, 4.69) is 26.5 Å². The number of carbonyl (C=O) groups excluding carboxylic acids is 1. The summed E-state index contributed by atoms with van der Waals surface area (Å²) in [5, 5.41) is 4.43. The maximum atomic E-state index is 12.3. The molecule has 5 nitrogen and oxygen atoms in total. The molecule has 0 saturated carbocycles. The quantitative estimate of drug-likeness (QED) is 0.297. The molecular formula is C24H22BrClN2O3. The first-order chi connectivity index (χ1) is 15.0. The van der Waals surface area contributed by atoms with Crippen LogP contribution >= 0.6 is 27.5 Å². The van der Waals surface area contributed by atoms with Crippen LogP contribution in [0.1, 0.15) is 34.0 Å². The lowest BCUT2D eigenvalue weighted by Gasteiger charge is -2.14. The number of rotatable bonds is 8. The standard InChI is InChI=1S/C24H22BrClN2O3/c1-3-30-22-13-18(14-27-28-24(29)19-6-4-5-7-20(19)25)12-21(26)23(22)31-15-17-10-8-16(2)9-11-17/h4-14H,3,15H2,1-2H3,(H,28,29)/b27-14-. The Hall–Kier alpha value is -2.83. The first-order valence-corrected chi connectivity index (χ1v) is 10.9. The number of amides is 1. The Kier molecular flexibility index (Phi) is 8.09. The van der Waals surface area contributed by atoms with Gasteiger partial charge in [-0.25, -0.2) is 5.43 Å². The minimum absolute atomic E-state index is 0.321. The summed E-state index contributed by atoms with van der Waals surface area (Å²) in [5.41, 5.74) is 5.89. The van der Waals surface area contributed by atoms with E-state index in [0.717, 1.165) is 5.56 Å². The minimum atomic E-state index is -0.321. The zero-order valence-corrected chi connectivity index (χ0v) is 19.5. The van der Waals surface area contributed by atoms with Crippen LogP contribution in [-0.4, -0.2) is 18.7 Å². The van der Waals surface area contributed by atoms with Crippen molar-refractivity contribution in [3.63, 3.8) is 0 Å². The maximum Gasteiger partial charge on any atom is 0.272 e. The van der Waals surface area contributed by atoms with Gasteiger partial charge in [-0.2, -0.15) is 5.10 Å². The molecule has 0 aromatic heterocycles. The average molecular weight is 502 g/mol. The second-order valence-electron chi connectivity index (χ2n) is 6.72. The average Bonchev–Trinajstić information content (AvgIpc) is 2.75. The second-order valence-corrected chi connectivity index (χ2v) is 7.98. The van der Waals surface area contributed by atoms with Crippen molar-refractivity contribution in [2.24, 2.45) is 5.10 Å². The number of hydrogen-bond donors (Lipinski definition) is 1. The van der Waals surface area contributed by atoms with Gasteiger partial charge in [0.05, 0.1) is 23.4 Å². The molecule has 3 rings (SSSR count). The van der Waals surface area contributed by atoms with E-state index in [1.54, 1.807) is 30.3 Å². The molecule has 3 aromatic carbocycles. The molecule has 31 heavy (non-hydrogen) atoms. The van der Waals surface area contributed by atoms with Crippen LogP contribution in [0.25, 0.3) is 0 Å². The Bertz CT molecular complexity index is 1080. The predicted octanol–water partition coefficient (Wildman–Crippen LogP) is 6.15. The first-order valence-electron chi connectivity index (χ1n) is 9.70. The van der Waals surface area contributed by atoms with Crippen LogP contribution in [-0.2, 0) is 6.61 Å². The number of benzene rings is 3. The van der Waals surface area contributed by atoms with Gasteiger partial charge in [-0.05, 0) is 65.2 Å². The van der Waals surface area contributed by atoms with E-state index >= 15 is 0 Å². The third-order valence-corrected chi connectivity index (χ3v) is 5.31. The summed E-state index contributed by atoms with van der Waals surface area (Å²) in [5.74, 6) is 0.664. The Balaban J connectivity index is 1.73. The first kappa shape index (κ1) is 22.8. The molecule has 1 N–H and O–H groups in total. The molecule has 0 radical (unpaired) electrons. The van der Waals surface area contributed by atoms with E-state index in [4.69, 9.17) is 21.1 Å². The number of halogens is 2. The number of hydrazone groups is 1. The highest BCUT2D eigenvalue weighted by Crippen LogP contribution is 2.37. The molecule has 160 valence electrons. The fourth-order valence-electron chi connectivity index (χ4n) is 2.78. The Morgan fingerprint density at radius 3 is 2.58 bits per heavy atom. The molecule has 0 heterocycles. The molecule has 0 aliphatic heterocycles. The van der Waals surface area contributed by atoms with Gasteiger partial charge in [-0.3, -0.25) is 4.79 Å². The zero-order valence-electron chi connectivity index (χ0n) is 17.2. The largest absolute Gasteiger partial charge is 0.490 e. The monoisotopic (exact) mass is 500 g/mol. The summed E-state index contributed by atoms with van der Waals surface area (Å²) >= 11 is 9.81. The van der Waals surface area contributed by atoms with Gasteiger partial charge >= 0.3 is 0 Å². The molecule has 1 amide bonds. The summed E-state index contributed by atoms with van der Waals surface area (Å²) in [6, 6.07) is 18.7. The number of nitrogens with zero attached hydrogens (tertiary/aromatic N) is 1. The van der Waals surface area contributed by atoms with E-state index in [-0.39, 0.29) is 5.91 Å². The molecule has 0 saturated heterocycles. The Morgan fingerprint density at radius 2 is 1.87 bits per heavy atom. The molecule has 0 spiro atoms. The number of aryl methyl sites for hydroxylation is 1. The smallest absolute Gasteiger partial charge is 0.272 e. The number of hydrogen-bond acceptors (Lipinski definition) is 4. The molecule has 0 bridgehead atoms. The van der Waals surface area contributed by atoms with Crippen molar-refractivity contribution in [3.8, 4) is 11.5 Å². The minimum Gasteiger partial charge on any atom is -0.490 e. The normalized spacial score (nSPS) is 10.8. The molecule has 0 aliphatic rings. The lowest BCUT2D eigenvalue weighted by Crippen LogP contribution is -2.18. The lowest BCUT2D eigenvalue weighted by atomic mass is 10.1. The summed E-state index contributed by atoms with van der Waals surface area (Å²) in [7, 11) is 0. The molecule has 3 aromatic rings. The van der Waals surface area contributed by atoms with Crippen LogP contribution in [0.2, 0.25) is 5.02 Å². The third-order valence-electron chi connectivity index (χ3n) is 4.33. The molecular weight excluding hydrogens is 480 g/mol. The third kappa shape index (κ3) is 6.32. The van der Waals surface area contributed by atoms with Crippen LogP contribution in [0.5, 0.6) is 11.5 Å². The van der Waals surface area contributed by atoms with E-state index in [1.807, 2.05) is 44.2 Å². The van der Waals surface area contributed by atoms with Gasteiger partial charge in [-0.15, -0.1) is 0 Å². The van der Waals surface area contributed by atoms with Crippen molar-refractivity contribution in [1.82, 2.24) is 5.43 Å². The van der Waals surface area contributed by atoms with E-state index in [1.165, 1.54) is 11.8 Å². The summed E-state index contributed by atoms with van der Waals surface area (Å²) in [6.45, 7) is 4.75. The van der Waals surface area contributed by atoms with E-state index in [0.29, 0.717) is 45.3 Å². The molecule has 0 atom stereocenters. The second kappa shape index (κ2) is 11.0. The highest BCUT2D eigenvalue weighted by molar-refractivity contribution is 9.10. The van der Waals surface area contributed by atoms with Gasteiger partial charge < -0.3 is 9.47 Å². The van der Waals surface area contributed by atoms with Gasteiger partial charge in [-0.1, -0.05) is 53.6 Å². The van der Waals surface area contributed by atoms with Crippen LogP contribution in [0, 0.1) is 6.92 Å². The highest BCUT2D eigenvalue weighted by Gasteiger charge is 2.13. The Morgan fingerprint density at radius 1 is 1.13 bits per heavy atom. The van der Waals surface area contributed by atoms with Crippen molar-refractivity contribution in [2.45, 2.75) is 20.5 Å². The zero-order chi connectivity index (χ0) is 22.2. The van der Waals surface area contributed by atoms with E-state index in [9.17, 15) is 4.79 Å². The molecule has 0 fully saturated rings. The van der Waals surface area contributed by atoms with Crippen molar-refractivity contribution < 1.29 is 14.3 Å². The van der Waals surface area contributed by atoms with Crippen molar-refractivity contribution in [1.29, 1.82) is 0 Å². The summed E-state index contributed by atoms with van der Waals surface area (Å²) in [6.07, 6.45) is 1.51. The number of nitrogens with one attached hydrogen (secondary N) is 1. The van der Waals surface area contributed by atoms with Gasteiger partial charge in [0.25, 0.3) is 5.91 Å². The lowest BCUT2D eigenvalue weighted by molar-refractivity contribution is 0.0954. The number of carbonyl (C=O) groups is 1. The van der Waals surface area contributed by atoms with Crippen LogP contribution < -0.4 is 14.9 Å². The van der Waals surface area contributed by atoms with Crippen LogP contribution in [0.3, 0.4) is 0 Å².